The predicted octanol–water partition coefficient (Wildman–Crippen LogP) is 0.638. The highest BCUT2D eigenvalue weighted by atomic mass is 35.7. The van der Waals surface area contributed by atoms with E-state index in [4.69, 9.17) is 20.2 Å². The average Bonchev–Trinajstić information content (AvgIpc) is 2.41. The second-order valence-electron chi connectivity index (χ2n) is 4.50. The van der Waals surface area contributed by atoms with Gasteiger partial charge in [-0.2, -0.15) is 8.42 Å². The molecule has 1 unspecified atom stereocenters. The van der Waals surface area contributed by atoms with Gasteiger partial charge in [0.15, 0.2) is 11.9 Å². The van der Waals surface area contributed by atoms with Gasteiger partial charge < -0.3 is 9.47 Å². The van der Waals surface area contributed by atoms with Gasteiger partial charge in [0, 0.05) is 22.8 Å². The maximum atomic E-state index is 11.3. The second kappa shape index (κ2) is 6.11. The standard InChI is InChI=1S/C10H10ClNO9S2/c1-22(15,16)20-5-6-4-19-9-3-7(23(11,17)18)2-8(12(13)14)10(9)21-6/h2-3,6H,4-5H2,1H3. The minimum atomic E-state index is -4.21. The van der Waals surface area contributed by atoms with E-state index in [1.807, 2.05) is 0 Å². The van der Waals surface area contributed by atoms with Crippen LogP contribution in [0.4, 0.5) is 5.69 Å². The molecule has 13 heteroatoms. The largest absolute Gasteiger partial charge is 0.485 e. The van der Waals surface area contributed by atoms with Crippen molar-refractivity contribution in [2.24, 2.45) is 0 Å². The van der Waals surface area contributed by atoms with E-state index in [1.165, 1.54) is 0 Å². The van der Waals surface area contributed by atoms with Gasteiger partial charge in [0.25, 0.3) is 19.2 Å². The van der Waals surface area contributed by atoms with Gasteiger partial charge in [-0.15, -0.1) is 0 Å². The molecular weight excluding hydrogens is 378 g/mol. The third-order valence-corrected chi connectivity index (χ3v) is 4.56. The lowest BCUT2D eigenvalue weighted by Gasteiger charge is -2.25. The van der Waals surface area contributed by atoms with Crippen LogP contribution in [0.2, 0.25) is 0 Å². The van der Waals surface area contributed by atoms with Crippen LogP contribution in [-0.2, 0) is 23.4 Å². The van der Waals surface area contributed by atoms with Crippen molar-refractivity contribution in [3.63, 3.8) is 0 Å². The first-order chi connectivity index (χ1) is 10.5. The smallest absolute Gasteiger partial charge is 0.316 e. The maximum Gasteiger partial charge on any atom is 0.316 e. The molecule has 1 atom stereocenters. The summed E-state index contributed by atoms with van der Waals surface area (Å²) in [5.74, 6) is -0.513. The number of rotatable bonds is 5. The number of benzene rings is 1. The highest BCUT2D eigenvalue weighted by molar-refractivity contribution is 8.13. The van der Waals surface area contributed by atoms with Gasteiger partial charge in [0.2, 0.25) is 5.75 Å². The van der Waals surface area contributed by atoms with Crippen LogP contribution in [0.15, 0.2) is 17.0 Å². The molecule has 0 saturated heterocycles. The molecule has 0 spiro atoms. The Labute approximate surface area is 135 Å². The quantitative estimate of drug-likeness (QED) is 0.308. The summed E-state index contributed by atoms with van der Waals surface area (Å²) in [5, 5.41) is 11.1. The maximum absolute atomic E-state index is 11.3. The summed E-state index contributed by atoms with van der Waals surface area (Å²) >= 11 is 0. The Bertz CT molecular complexity index is 849. The zero-order chi connectivity index (χ0) is 17.4. The molecule has 0 fully saturated rings. The molecule has 23 heavy (non-hydrogen) atoms. The Morgan fingerprint density at radius 1 is 1.39 bits per heavy atom. The molecule has 128 valence electrons. The van der Waals surface area contributed by atoms with Gasteiger partial charge in [-0.05, 0) is 0 Å². The SMILES string of the molecule is CS(=O)(=O)OCC1COc2cc(S(=O)(=O)Cl)cc([N+](=O)[O-])c2O1. The summed E-state index contributed by atoms with van der Waals surface area (Å²) in [5.41, 5.74) is -0.675. The Hall–Kier alpha value is -1.63. The molecule has 1 aromatic carbocycles. The van der Waals surface area contributed by atoms with Crippen LogP contribution in [0.5, 0.6) is 11.5 Å². The van der Waals surface area contributed by atoms with Gasteiger partial charge in [0.1, 0.15) is 13.2 Å². The molecule has 0 amide bonds. The van der Waals surface area contributed by atoms with Crippen molar-refractivity contribution in [3.8, 4) is 11.5 Å². The van der Waals surface area contributed by atoms with Crippen LogP contribution in [0, 0.1) is 10.1 Å². The van der Waals surface area contributed by atoms with E-state index in [1.54, 1.807) is 0 Å². The highest BCUT2D eigenvalue weighted by Gasteiger charge is 2.32. The molecule has 0 N–H and O–H groups in total. The van der Waals surface area contributed by atoms with Crippen molar-refractivity contribution in [3.05, 3.63) is 22.2 Å². The Morgan fingerprint density at radius 3 is 2.57 bits per heavy atom. The van der Waals surface area contributed by atoms with E-state index in [2.05, 4.69) is 4.18 Å². The average molecular weight is 388 g/mol. The molecule has 0 aromatic heterocycles. The highest BCUT2D eigenvalue weighted by Crippen LogP contribution is 2.42. The molecule has 0 radical (unpaired) electrons. The fourth-order valence-electron chi connectivity index (χ4n) is 1.73. The van der Waals surface area contributed by atoms with Gasteiger partial charge in [-0.25, -0.2) is 8.42 Å². The van der Waals surface area contributed by atoms with Crippen molar-refractivity contribution in [1.82, 2.24) is 0 Å². The minimum absolute atomic E-state index is 0.186. The number of ether oxygens (including phenoxy) is 2. The molecule has 1 heterocycles. The molecule has 1 aromatic rings. The molecular formula is C10H10ClNO9S2. The zero-order valence-electron chi connectivity index (χ0n) is 11.5. The van der Waals surface area contributed by atoms with Crippen molar-refractivity contribution in [2.45, 2.75) is 11.0 Å². The summed E-state index contributed by atoms with van der Waals surface area (Å²) in [6.07, 6.45) is -0.0839. The summed E-state index contributed by atoms with van der Waals surface area (Å²) in [4.78, 5) is 9.70. The van der Waals surface area contributed by atoms with Crippen LogP contribution >= 0.6 is 10.7 Å². The van der Waals surface area contributed by atoms with Gasteiger partial charge in [-0.1, -0.05) is 0 Å². The lowest BCUT2D eigenvalue weighted by Crippen LogP contribution is -2.34. The zero-order valence-corrected chi connectivity index (χ0v) is 13.9. The molecule has 1 aliphatic heterocycles. The van der Waals surface area contributed by atoms with Crippen LogP contribution in [0.3, 0.4) is 0 Å². The van der Waals surface area contributed by atoms with Crippen LogP contribution in [0.25, 0.3) is 0 Å². The first kappa shape index (κ1) is 17.7. The summed E-state index contributed by atoms with van der Waals surface area (Å²) in [6, 6.07) is 1.71. The number of hydrogen-bond acceptors (Lipinski definition) is 9. The Balaban J connectivity index is 2.37. The molecule has 0 bridgehead atoms. The topological polar surface area (TPSA) is 139 Å². The predicted molar refractivity (Wildman–Crippen MR) is 76.8 cm³/mol. The fourth-order valence-corrected chi connectivity index (χ4v) is 2.90. The molecule has 0 aliphatic carbocycles. The number of nitro benzene ring substituents is 1. The molecule has 2 rings (SSSR count). The van der Waals surface area contributed by atoms with E-state index in [0.29, 0.717) is 0 Å². The monoisotopic (exact) mass is 387 g/mol. The molecule has 10 nitrogen and oxygen atoms in total. The second-order valence-corrected chi connectivity index (χ2v) is 8.71. The van der Waals surface area contributed by atoms with E-state index in [9.17, 15) is 26.9 Å². The van der Waals surface area contributed by atoms with Crippen molar-refractivity contribution in [1.29, 1.82) is 0 Å². The van der Waals surface area contributed by atoms with Gasteiger partial charge >= 0.3 is 5.69 Å². The Kier molecular flexibility index (Phi) is 4.71. The Morgan fingerprint density at radius 2 is 2.04 bits per heavy atom. The lowest BCUT2D eigenvalue weighted by molar-refractivity contribution is -0.386. The van der Waals surface area contributed by atoms with Crippen LogP contribution in [0.1, 0.15) is 0 Å². The number of nitrogens with zero attached hydrogens (tertiary/aromatic N) is 1. The van der Waals surface area contributed by atoms with Crippen LogP contribution in [-0.4, -0.2) is 47.3 Å². The van der Waals surface area contributed by atoms with Crippen molar-refractivity contribution in [2.75, 3.05) is 19.5 Å². The van der Waals surface area contributed by atoms with E-state index < -0.39 is 47.4 Å². The lowest BCUT2D eigenvalue weighted by atomic mass is 10.2. The third kappa shape index (κ3) is 4.43. The van der Waals surface area contributed by atoms with Crippen molar-refractivity contribution >= 4 is 35.5 Å². The molecule has 0 saturated carbocycles. The van der Waals surface area contributed by atoms with E-state index in [0.717, 1.165) is 18.4 Å². The van der Waals surface area contributed by atoms with E-state index >= 15 is 0 Å². The van der Waals surface area contributed by atoms with Gasteiger partial charge in [0.05, 0.1) is 16.1 Å². The van der Waals surface area contributed by atoms with Gasteiger partial charge in [-0.3, -0.25) is 14.3 Å². The molecule has 1 aliphatic rings. The number of nitro groups is 1. The minimum Gasteiger partial charge on any atom is -0.485 e. The summed E-state index contributed by atoms with van der Waals surface area (Å²) in [7, 11) is -2.75. The fraction of sp³-hybridized carbons (Fsp3) is 0.400. The first-order valence-electron chi connectivity index (χ1n) is 5.88. The number of fused-ring (bicyclic) bond motifs is 1. The third-order valence-electron chi connectivity index (χ3n) is 2.66. The first-order valence-corrected chi connectivity index (χ1v) is 10.0. The normalized spacial score (nSPS) is 17.7. The number of hydrogen-bond donors (Lipinski definition) is 0. The summed E-state index contributed by atoms with van der Waals surface area (Å²) < 4.78 is 59.6. The summed E-state index contributed by atoms with van der Waals surface area (Å²) in [6.45, 7) is -0.601. The van der Waals surface area contributed by atoms with E-state index in [-0.39, 0.29) is 18.1 Å². The number of halogens is 1. The van der Waals surface area contributed by atoms with Crippen molar-refractivity contribution < 1.29 is 35.4 Å². The van der Waals surface area contributed by atoms with Crippen LogP contribution < -0.4 is 9.47 Å².